The molecule has 0 amide bonds. The SMILES string of the molecule is CC(Cc1ccc(Cl)cc1)N1CCNCc2ccccc21. The number of para-hydroxylation sites is 1. The summed E-state index contributed by atoms with van der Waals surface area (Å²) in [5, 5.41) is 4.30. The van der Waals surface area contributed by atoms with Crippen LogP contribution < -0.4 is 10.2 Å². The van der Waals surface area contributed by atoms with Gasteiger partial charge in [0.2, 0.25) is 0 Å². The number of hydrogen-bond donors (Lipinski definition) is 1. The fourth-order valence-corrected chi connectivity index (χ4v) is 3.14. The van der Waals surface area contributed by atoms with Gasteiger partial charge in [0.05, 0.1) is 0 Å². The monoisotopic (exact) mass is 300 g/mol. The Balaban J connectivity index is 1.80. The Labute approximate surface area is 131 Å². The number of halogens is 1. The van der Waals surface area contributed by atoms with Crippen LogP contribution in [0, 0.1) is 0 Å². The summed E-state index contributed by atoms with van der Waals surface area (Å²) < 4.78 is 0. The summed E-state index contributed by atoms with van der Waals surface area (Å²) in [7, 11) is 0. The topological polar surface area (TPSA) is 15.3 Å². The number of fused-ring (bicyclic) bond motifs is 1. The molecule has 0 fully saturated rings. The Kier molecular flexibility index (Phi) is 4.47. The molecule has 0 saturated heterocycles. The van der Waals surface area contributed by atoms with Crippen molar-refractivity contribution in [2.75, 3.05) is 18.0 Å². The molecule has 0 radical (unpaired) electrons. The van der Waals surface area contributed by atoms with E-state index in [1.807, 2.05) is 12.1 Å². The number of benzene rings is 2. The van der Waals surface area contributed by atoms with Gasteiger partial charge in [-0.1, -0.05) is 41.9 Å². The molecule has 1 N–H and O–H groups in total. The Bertz CT molecular complexity index is 594. The first-order chi connectivity index (χ1) is 10.2. The van der Waals surface area contributed by atoms with Crippen molar-refractivity contribution in [1.82, 2.24) is 5.32 Å². The maximum atomic E-state index is 5.97. The highest BCUT2D eigenvalue weighted by molar-refractivity contribution is 6.30. The maximum Gasteiger partial charge on any atom is 0.0414 e. The van der Waals surface area contributed by atoms with E-state index < -0.39 is 0 Å². The molecule has 0 aromatic heterocycles. The van der Waals surface area contributed by atoms with Crippen LogP contribution in [0.3, 0.4) is 0 Å². The van der Waals surface area contributed by atoms with Gasteiger partial charge in [-0.05, 0) is 42.7 Å². The van der Waals surface area contributed by atoms with Crippen LogP contribution in [0.5, 0.6) is 0 Å². The van der Waals surface area contributed by atoms with Gasteiger partial charge in [0.1, 0.15) is 0 Å². The zero-order valence-corrected chi connectivity index (χ0v) is 13.1. The molecule has 1 aliphatic rings. The van der Waals surface area contributed by atoms with Crippen LogP contribution in [0.4, 0.5) is 5.69 Å². The van der Waals surface area contributed by atoms with E-state index in [2.05, 4.69) is 53.5 Å². The molecule has 0 aliphatic carbocycles. The van der Waals surface area contributed by atoms with E-state index in [9.17, 15) is 0 Å². The van der Waals surface area contributed by atoms with E-state index in [1.165, 1.54) is 16.8 Å². The van der Waals surface area contributed by atoms with E-state index in [-0.39, 0.29) is 0 Å². The van der Waals surface area contributed by atoms with Gasteiger partial charge in [-0.3, -0.25) is 0 Å². The van der Waals surface area contributed by atoms with E-state index >= 15 is 0 Å². The molecule has 1 unspecified atom stereocenters. The molecule has 1 aliphatic heterocycles. The molecule has 2 nitrogen and oxygen atoms in total. The third-order valence-corrected chi connectivity index (χ3v) is 4.37. The van der Waals surface area contributed by atoms with E-state index in [0.717, 1.165) is 31.1 Å². The van der Waals surface area contributed by atoms with E-state index in [4.69, 9.17) is 11.6 Å². The molecule has 0 spiro atoms. The van der Waals surface area contributed by atoms with Crippen molar-refractivity contribution in [3.8, 4) is 0 Å². The molecule has 1 heterocycles. The van der Waals surface area contributed by atoms with Gasteiger partial charge in [-0.2, -0.15) is 0 Å². The van der Waals surface area contributed by atoms with Crippen molar-refractivity contribution >= 4 is 17.3 Å². The van der Waals surface area contributed by atoms with Gasteiger partial charge in [-0.25, -0.2) is 0 Å². The first kappa shape index (κ1) is 14.4. The number of nitrogens with one attached hydrogen (secondary N) is 1. The Morgan fingerprint density at radius 1 is 1.14 bits per heavy atom. The first-order valence-electron chi connectivity index (χ1n) is 7.54. The summed E-state index contributed by atoms with van der Waals surface area (Å²) in [5.41, 5.74) is 4.09. The molecular weight excluding hydrogens is 280 g/mol. The van der Waals surface area contributed by atoms with E-state index in [0.29, 0.717) is 6.04 Å². The van der Waals surface area contributed by atoms with Crippen LogP contribution in [0.1, 0.15) is 18.1 Å². The van der Waals surface area contributed by atoms with Gasteiger partial charge in [-0.15, -0.1) is 0 Å². The Morgan fingerprint density at radius 2 is 1.90 bits per heavy atom. The second-order valence-electron chi connectivity index (χ2n) is 5.68. The van der Waals surface area contributed by atoms with Crippen molar-refractivity contribution in [3.05, 3.63) is 64.7 Å². The minimum absolute atomic E-state index is 0.465. The van der Waals surface area contributed by atoms with Gasteiger partial charge in [0, 0.05) is 36.4 Å². The number of rotatable bonds is 3. The molecule has 0 bridgehead atoms. The van der Waals surface area contributed by atoms with Crippen molar-refractivity contribution < 1.29 is 0 Å². The van der Waals surface area contributed by atoms with Gasteiger partial charge < -0.3 is 10.2 Å². The molecule has 21 heavy (non-hydrogen) atoms. The third kappa shape index (κ3) is 3.39. The van der Waals surface area contributed by atoms with E-state index in [1.54, 1.807) is 0 Å². The lowest BCUT2D eigenvalue weighted by Crippen LogP contribution is -2.37. The van der Waals surface area contributed by atoms with Crippen LogP contribution in [-0.4, -0.2) is 19.1 Å². The Hall–Kier alpha value is -1.51. The second kappa shape index (κ2) is 6.50. The maximum absolute atomic E-state index is 5.97. The average molecular weight is 301 g/mol. The fourth-order valence-electron chi connectivity index (χ4n) is 3.01. The lowest BCUT2D eigenvalue weighted by Gasteiger charge is -2.31. The minimum Gasteiger partial charge on any atom is -0.367 e. The highest BCUT2D eigenvalue weighted by Gasteiger charge is 2.19. The lowest BCUT2D eigenvalue weighted by molar-refractivity contribution is 0.613. The van der Waals surface area contributed by atoms with Crippen molar-refractivity contribution in [2.45, 2.75) is 25.9 Å². The fraction of sp³-hybridized carbons (Fsp3) is 0.333. The number of anilines is 1. The van der Waals surface area contributed by atoms with Crippen LogP contribution in [0.15, 0.2) is 48.5 Å². The number of nitrogens with zero attached hydrogens (tertiary/aromatic N) is 1. The molecule has 1 atom stereocenters. The van der Waals surface area contributed by atoms with Crippen molar-refractivity contribution in [3.63, 3.8) is 0 Å². The van der Waals surface area contributed by atoms with Gasteiger partial charge in [0.15, 0.2) is 0 Å². The molecule has 2 aromatic rings. The summed E-state index contributed by atoms with van der Waals surface area (Å²) in [6, 6.07) is 17.4. The zero-order chi connectivity index (χ0) is 14.7. The predicted molar refractivity (Wildman–Crippen MR) is 90.1 cm³/mol. The standard InChI is InChI=1S/C18H21ClN2/c1-14(12-15-6-8-17(19)9-7-15)21-11-10-20-13-16-4-2-3-5-18(16)21/h2-9,14,20H,10-13H2,1H3. The van der Waals surface area contributed by atoms with Gasteiger partial charge >= 0.3 is 0 Å². The van der Waals surface area contributed by atoms with Crippen LogP contribution >= 0.6 is 11.6 Å². The summed E-state index contributed by atoms with van der Waals surface area (Å²) in [6.45, 7) is 5.34. The quantitative estimate of drug-likeness (QED) is 0.925. The van der Waals surface area contributed by atoms with Crippen molar-refractivity contribution in [1.29, 1.82) is 0 Å². The van der Waals surface area contributed by atoms with Crippen molar-refractivity contribution in [2.24, 2.45) is 0 Å². The average Bonchev–Trinajstić information content (AvgIpc) is 2.72. The normalized spacial score (nSPS) is 16.2. The number of hydrogen-bond acceptors (Lipinski definition) is 2. The van der Waals surface area contributed by atoms with Crippen LogP contribution in [0.25, 0.3) is 0 Å². The highest BCUT2D eigenvalue weighted by atomic mass is 35.5. The molecule has 110 valence electrons. The summed E-state index contributed by atoms with van der Waals surface area (Å²) in [5.74, 6) is 0. The first-order valence-corrected chi connectivity index (χ1v) is 7.91. The van der Waals surface area contributed by atoms with Crippen LogP contribution in [-0.2, 0) is 13.0 Å². The van der Waals surface area contributed by atoms with Gasteiger partial charge in [0.25, 0.3) is 0 Å². The largest absolute Gasteiger partial charge is 0.367 e. The lowest BCUT2D eigenvalue weighted by atomic mass is 10.0. The summed E-state index contributed by atoms with van der Waals surface area (Å²) in [6.07, 6.45) is 1.03. The van der Waals surface area contributed by atoms with Crippen LogP contribution in [0.2, 0.25) is 5.02 Å². The summed E-state index contributed by atoms with van der Waals surface area (Å²) >= 11 is 5.97. The molecule has 2 aromatic carbocycles. The second-order valence-corrected chi connectivity index (χ2v) is 6.11. The third-order valence-electron chi connectivity index (χ3n) is 4.12. The highest BCUT2D eigenvalue weighted by Crippen LogP contribution is 2.25. The predicted octanol–water partition coefficient (Wildman–Crippen LogP) is 3.88. The Morgan fingerprint density at radius 3 is 2.71 bits per heavy atom. The zero-order valence-electron chi connectivity index (χ0n) is 12.3. The molecular formula is C18H21ClN2. The molecule has 3 heteroatoms. The molecule has 3 rings (SSSR count). The molecule has 0 saturated carbocycles. The smallest absolute Gasteiger partial charge is 0.0414 e. The summed E-state index contributed by atoms with van der Waals surface area (Å²) in [4.78, 5) is 2.52. The minimum atomic E-state index is 0.465.